The zero-order valence-corrected chi connectivity index (χ0v) is 8.04. The molecule has 11 heteroatoms. The maximum absolute atomic E-state index is 7.33. The monoisotopic (exact) mass is 248 g/mol. The van der Waals surface area contributed by atoms with Crippen LogP contribution in [0.2, 0.25) is 0 Å². The van der Waals surface area contributed by atoms with Crippen LogP contribution >= 0.6 is 0 Å². The standard InChI is InChI=1S/Fe.2H4O4Si/c;2*1-5(2,3)4/h;2*1-4H. The van der Waals surface area contributed by atoms with Crippen molar-refractivity contribution in [3.8, 4) is 0 Å². The Morgan fingerprint density at radius 2 is 0.455 bits per heavy atom. The van der Waals surface area contributed by atoms with E-state index in [-0.39, 0.29) is 17.1 Å². The van der Waals surface area contributed by atoms with Gasteiger partial charge >= 0.3 is 18.1 Å². The first-order valence-electron chi connectivity index (χ1n) is 1.79. The Morgan fingerprint density at radius 3 is 0.455 bits per heavy atom. The second kappa shape index (κ2) is 6.18. The Hall–Kier alpha value is 0.633. The van der Waals surface area contributed by atoms with Gasteiger partial charge in [0.25, 0.3) is 0 Å². The van der Waals surface area contributed by atoms with Gasteiger partial charge in [-0.2, -0.15) is 0 Å². The predicted molar refractivity (Wildman–Crippen MR) is 29.3 cm³/mol. The number of rotatable bonds is 0. The zero-order valence-electron chi connectivity index (χ0n) is 4.93. The summed E-state index contributed by atoms with van der Waals surface area (Å²) in [6.07, 6.45) is 0. The second-order valence-corrected chi connectivity index (χ2v) is 3.60. The zero-order chi connectivity index (χ0) is 9.00. The van der Waals surface area contributed by atoms with Crippen LogP contribution in [-0.4, -0.2) is 56.5 Å². The van der Waals surface area contributed by atoms with E-state index in [0.717, 1.165) is 0 Å². The molecular weight excluding hydrogens is 240 g/mol. The van der Waals surface area contributed by atoms with Crippen LogP contribution in [0.5, 0.6) is 0 Å². The molecule has 8 nitrogen and oxygen atoms in total. The van der Waals surface area contributed by atoms with Crippen molar-refractivity contribution in [1.82, 2.24) is 0 Å². The Morgan fingerprint density at radius 1 is 0.455 bits per heavy atom. The summed E-state index contributed by atoms with van der Waals surface area (Å²) in [5, 5.41) is 0. The second-order valence-electron chi connectivity index (χ2n) is 1.20. The third kappa shape index (κ3) is 1980. The van der Waals surface area contributed by atoms with Gasteiger partial charge in [0, 0.05) is 17.1 Å². The van der Waals surface area contributed by atoms with Gasteiger partial charge in [-0.15, -0.1) is 0 Å². The minimum atomic E-state index is -4.61. The summed E-state index contributed by atoms with van der Waals surface area (Å²) in [5.74, 6) is 0. The summed E-state index contributed by atoms with van der Waals surface area (Å²) >= 11 is 0. The third-order valence-electron chi connectivity index (χ3n) is 0. The summed E-state index contributed by atoms with van der Waals surface area (Å²) in [6, 6.07) is 0. The average Bonchev–Trinajstić information content (AvgIpc) is 1.12. The van der Waals surface area contributed by atoms with E-state index in [9.17, 15) is 0 Å². The molecule has 0 rings (SSSR count). The number of hydrogen-bond donors (Lipinski definition) is 8. The van der Waals surface area contributed by atoms with Crippen molar-refractivity contribution in [2.24, 2.45) is 0 Å². The fourth-order valence-corrected chi connectivity index (χ4v) is 0. The third-order valence-corrected chi connectivity index (χ3v) is 0. The molecule has 11 heavy (non-hydrogen) atoms. The van der Waals surface area contributed by atoms with Gasteiger partial charge < -0.3 is 38.4 Å². The fourth-order valence-electron chi connectivity index (χ4n) is 0. The van der Waals surface area contributed by atoms with Gasteiger partial charge in [-0.25, -0.2) is 0 Å². The molecule has 0 atom stereocenters. The van der Waals surface area contributed by atoms with Crippen molar-refractivity contribution in [2.45, 2.75) is 0 Å². The molecule has 0 aliphatic rings. The van der Waals surface area contributed by atoms with E-state index in [2.05, 4.69) is 0 Å². The molecule has 0 saturated heterocycles. The van der Waals surface area contributed by atoms with Crippen LogP contribution in [0.4, 0.5) is 0 Å². The smallest absolute Gasteiger partial charge is 0.368 e. The van der Waals surface area contributed by atoms with E-state index < -0.39 is 18.1 Å². The van der Waals surface area contributed by atoms with Gasteiger partial charge in [-0.05, 0) is 0 Å². The molecule has 8 N–H and O–H groups in total. The minimum absolute atomic E-state index is 0. The Labute approximate surface area is 74.1 Å². The van der Waals surface area contributed by atoms with Crippen molar-refractivity contribution in [3.05, 3.63) is 0 Å². The maximum Gasteiger partial charge on any atom is 0.668 e. The molecule has 0 spiro atoms. The van der Waals surface area contributed by atoms with Crippen LogP contribution in [0.3, 0.4) is 0 Å². The van der Waals surface area contributed by atoms with Crippen molar-refractivity contribution >= 4 is 18.1 Å². The molecule has 72 valence electrons. The first-order chi connectivity index (χ1) is 4.00. The molecule has 0 aliphatic heterocycles. The van der Waals surface area contributed by atoms with Crippen molar-refractivity contribution < 1.29 is 55.4 Å². The van der Waals surface area contributed by atoms with Gasteiger partial charge in [0.2, 0.25) is 0 Å². The van der Waals surface area contributed by atoms with E-state index >= 15 is 0 Å². The molecule has 0 aromatic heterocycles. The first kappa shape index (κ1) is 17.6. The Bertz CT molecular complexity index is 55.1. The van der Waals surface area contributed by atoms with Gasteiger partial charge in [0.15, 0.2) is 0 Å². The van der Waals surface area contributed by atoms with Crippen molar-refractivity contribution in [1.29, 1.82) is 0 Å². The largest absolute Gasteiger partial charge is 0.668 e. The quantitative estimate of drug-likeness (QED) is 0.197. The molecule has 0 saturated carbocycles. The van der Waals surface area contributed by atoms with E-state index in [1.807, 2.05) is 0 Å². The van der Waals surface area contributed by atoms with Gasteiger partial charge in [0.1, 0.15) is 0 Å². The minimum Gasteiger partial charge on any atom is -0.368 e. The molecule has 0 aliphatic carbocycles. The van der Waals surface area contributed by atoms with E-state index in [0.29, 0.717) is 0 Å². The van der Waals surface area contributed by atoms with Crippen molar-refractivity contribution in [3.63, 3.8) is 0 Å². The molecule has 0 heterocycles. The van der Waals surface area contributed by atoms with E-state index in [1.165, 1.54) is 0 Å². The molecule has 0 aromatic carbocycles. The first-order valence-corrected chi connectivity index (χ1v) is 5.37. The normalized spacial score (nSPS) is 10.9. The molecule has 0 aromatic rings. The predicted octanol–water partition coefficient (Wildman–Crippen LogP) is -5.22. The topological polar surface area (TPSA) is 162 Å². The molecule has 0 radical (unpaired) electrons. The average molecular weight is 248 g/mol. The van der Waals surface area contributed by atoms with Gasteiger partial charge in [-0.3, -0.25) is 0 Å². The Balaban J connectivity index is -0.000000107. The van der Waals surface area contributed by atoms with Gasteiger partial charge in [-0.1, -0.05) is 0 Å². The summed E-state index contributed by atoms with van der Waals surface area (Å²) in [4.78, 5) is 58.6. The maximum atomic E-state index is 7.33. The van der Waals surface area contributed by atoms with Crippen LogP contribution in [-0.2, 0) is 17.1 Å². The van der Waals surface area contributed by atoms with E-state index in [4.69, 9.17) is 38.4 Å². The van der Waals surface area contributed by atoms with Crippen LogP contribution in [0, 0.1) is 0 Å². The molecule has 0 fully saturated rings. The van der Waals surface area contributed by atoms with Crippen LogP contribution in [0.15, 0.2) is 0 Å². The molecule has 0 bridgehead atoms. The van der Waals surface area contributed by atoms with Crippen LogP contribution < -0.4 is 0 Å². The SMILES string of the molecule is O[Si](O)(O)O.O[Si](O)(O)O.[Fe]. The van der Waals surface area contributed by atoms with Crippen LogP contribution in [0.1, 0.15) is 0 Å². The summed E-state index contributed by atoms with van der Waals surface area (Å²) in [7, 11) is -9.22. The van der Waals surface area contributed by atoms with Crippen molar-refractivity contribution in [2.75, 3.05) is 0 Å². The summed E-state index contributed by atoms with van der Waals surface area (Å²) in [6.45, 7) is 0. The molecule has 0 amide bonds. The van der Waals surface area contributed by atoms with Crippen LogP contribution in [0.25, 0.3) is 0 Å². The number of hydrogen-bond acceptors (Lipinski definition) is 8. The van der Waals surface area contributed by atoms with E-state index in [1.54, 1.807) is 0 Å². The summed E-state index contributed by atoms with van der Waals surface area (Å²) in [5.41, 5.74) is 0. The Kier molecular flexibility index (Phi) is 9.92. The summed E-state index contributed by atoms with van der Waals surface area (Å²) < 4.78 is 0. The fraction of sp³-hybridized carbons (Fsp3) is 0. The van der Waals surface area contributed by atoms with Gasteiger partial charge in [0.05, 0.1) is 0 Å². The molecular formula is H8FeO8Si2. The molecule has 0 unspecified atom stereocenters.